The lowest BCUT2D eigenvalue weighted by Crippen LogP contribution is -2.25. The largest absolute Gasteiger partial charge is 0.456 e. The first-order valence-corrected chi connectivity index (χ1v) is 16.0. The van der Waals surface area contributed by atoms with E-state index in [1.165, 1.54) is 77.2 Å². The van der Waals surface area contributed by atoms with E-state index < -0.39 is 5.41 Å². The minimum atomic E-state index is -0.392. The number of hydrogen-bond acceptors (Lipinski definition) is 1. The Morgan fingerprint density at radius 1 is 0.326 bits per heavy atom. The molecule has 0 bridgehead atoms. The van der Waals surface area contributed by atoms with Crippen molar-refractivity contribution in [2.75, 3.05) is 0 Å². The number of ether oxygens (including phenoxy) is 1. The molecule has 0 aromatic heterocycles. The molecule has 212 valence electrons. The third-order valence-corrected chi connectivity index (χ3v) is 10.6. The molecule has 1 heterocycles. The molecule has 0 atom stereocenters. The molecular weight excluding hydrogens is 556 g/mol. The topological polar surface area (TPSA) is 9.23 Å². The summed E-state index contributed by atoms with van der Waals surface area (Å²) < 4.78 is 6.59. The summed E-state index contributed by atoms with van der Waals surface area (Å²) in [6, 6.07) is 58.3. The summed E-state index contributed by atoms with van der Waals surface area (Å²) in [5.41, 5.74) is 15.1. The molecule has 0 N–H and O–H groups in total. The monoisotopic (exact) mass is 582 g/mol. The molecule has 1 nitrogen and oxygen atoms in total. The van der Waals surface area contributed by atoms with E-state index in [1.807, 2.05) is 0 Å². The number of rotatable bonds is 1. The lowest BCUT2D eigenvalue weighted by molar-refractivity contribution is 0.487. The Morgan fingerprint density at radius 2 is 0.891 bits per heavy atom. The molecule has 1 spiro atoms. The predicted octanol–water partition coefficient (Wildman–Crippen LogP) is 11.8. The molecule has 0 saturated carbocycles. The first kappa shape index (κ1) is 24.4. The summed E-state index contributed by atoms with van der Waals surface area (Å²) in [6.07, 6.45) is 0. The molecule has 0 unspecified atom stereocenters. The van der Waals surface area contributed by atoms with Crippen molar-refractivity contribution >= 4 is 21.5 Å². The van der Waals surface area contributed by atoms with Gasteiger partial charge in [0.05, 0.1) is 5.41 Å². The maximum atomic E-state index is 6.59. The first-order valence-electron chi connectivity index (χ1n) is 16.0. The molecule has 1 aliphatic heterocycles. The summed E-state index contributed by atoms with van der Waals surface area (Å²) in [5.74, 6) is 1.83. The van der Waals surface area contributed by atoms with Crippen molar-refractivity contribution in [3.63, 3.8) is 0 Å². The fraction of sp³-hybridized carbons (Fsp3) is 0.0222. The lowest BCUT2D eigenvalue weighted by Gasteiger charge is -2.31. The van der Waals surface area contributed by atoms with Gasteiger partial charge in [0.25, 0.3) is 0 Å². The highest BCUT2D eigenvalue weighted by Crippen LogP contribution is 2.63. The SMILES string of the molecule is c1ccc2c(c1)-c1ccccc1C21c2cc(-c3ccc4c(c3)Oc3cccc5cccc-4c35)ccc2-c2cc3ccccc3cc21. The van der Waals surface area contributed by atoms with Gasteiger partial charge in [-0.15, -0.1) is 0 Å². The number of hydrogen-bond donors (Lipinski definition) is 0. The van der Waals surface area contributed by atoms with Crippen molar-refractivity contribution in [2.24, 2.45) is 0 Å². The summed E-state index contributed by atoms with van der Waals surface area (Å²) >= 11 is 0. The zero-order chi connectivity index (χ0) is 30.0. The fourth-order valence-electron chi connectivity index (χ4n) is 8.75. The highest BCUT2D eigenvalue weighted by atomic mass is 16.5. The third-order valence-electron chi connectivity index (χ3n) is 10.6. The highest BCUT2D eigenvalue weighted by molar-refractivity contribution is 6.05. The molecule has 0 saturated heterocycles. The second-order valence-corrected chi connectivity index (χ2v) is 12.8. The van der Waals surface area contributed by atoms with Crippen LogP contribution in [0, 0.1) is 0 Å². The van der Waals surface area contributed by atoms with E-state index >= 15 is 0 Å². The van der Waals surface area contributed by atoms with Crippen molar-refractivity contribution in [1.82, 2.24) is 0 Å². The molecular formula is C45H26O. The van der Waals surface area contributed by atoms with Gasteiger partial charge >= 0.3 is 0 Å². The van der Waals surface area contributed by atoms with Crippen molar-refractivity contribution in [2.45, 2.75) is 5.41 Å². The van der Waals surface area contributed by atoms with Crippen LogP contribution in [0.2, 0.25) is 0 Å². The first-order chi connectivity index (χ1) is 22.8. The molecule has 11 rings (SSSR count). The van der Waals surface area contributed by atoms with Crippen LogP contribution in [0.5, 0.6) is 11.5 Å². The van der Waals surface area contributed by atoms with Crippen molar-refractivity contribution in [3.8, 4) is 56.0 Å². The van der Waals surface area contributed by atoms with Gasteiger partial charge in [-0.05, 0) is 114 Å². The normalized spacial score (nSPS) is 14.0. The van der Waals surface area contributed by atoms with Crippen LogP contribution in [0.15, 0.2) is 158 Å². The Kier molecular flexibility index (Phi) is 4.57. The lowest BCUT2D eigenvalue weighted by atomic mass is 9.70. The second kappa shape index (κ2) is 8.62. The van der Waals surface area contributed by atoms with Crippen molar-refractivity contribution < 1.29 is 4.74 Å². The smallest absolute Gasteiger partial charge is 0.135 e. The van der Waals surface area contributed by atoms with E-state index in [0.29, 0.717) is 0 Å². The van der Waals surface area contributed by atoms with Gasteiger partial charge < -0.3 is 4.74 Å². The summed E-state index contributed by atoms with van der Waals surface area (Å²) in [7, 11) is 0. The van der Waals surface area contributed by atoms with Crippen LogP contribution in [0.1, 0.15) is 22.3 Å². The van der Waals surface area contributed by atoms with Crippen LogP contribution in [-0.2, 0) is 5.41 Å². The van der Waals surface area contributed by atoms with Crippen LogP contribution in [-0.4, -0.2) is 0 Å². The Balaban J connectivity index is 1.17. The summed E-state index contributed by atoms with van der Waals surface area (Å²) in [6.45, 7) is 0. The Labute approximate surface area is 267 Å². The molecule has 46 heavy (non-hydrogen) atoms. The highest BCUT2D eigenvalue weighted by Gasteiger charge is 2.51. The summed E-state index contributed by atoms with van der Waals surface area (Å²) in [4.78, 5) is 0. The fourth-order valence-corrected chi connectivity index (χ4v) is 8.75. The van der Waals surface area contributed by atoms with Gasteiger partial charge in [-0.3, -0.25) is 0 Å². The Morgan fingerprint density at radius 3 is 1.67 bits per heavy atom. The maximum Gasteiger partial charge on any atom is 0.135 e. The van der Waals surface area contributed by atoms with Gasteiger partial charge in [-0.2, -0.15) is 0 Å². The zero-order valence-corrected chi connectivity index (χ0v) is 24.9. The van der Waals surface area contributed by atoms with E-state index in [0.717, 1.165) is 22.6 Å². The van der Waals surface area contributed by atoms with E-state index in [9.17, 15) is 0 Å². The van der Waals surface area contributed by atoms with Gasteiger partial charge in [-0.1, -0.05) is 121 Å². The molecule has 8 aromatic carbocycles. The van der Waals surface area contributed by atoms with E-state index in [2.05, 4.69) is 158 Å². The molecule has 3 aliphatic rings. The van der Waals surface area contributed by atoms with E-state index in [4.69, 9.17) is 4.74 Å². The van der Waals surface area contributed by atoms with Crippen LogP contribution in [0.25, 0.3) is 66.1 Å². The number of fused-ring (bicyclic) bond motifs is 13. The van der Waals surface area contributed by atoms with E-state index in [-0.39, 0.29) is 0 Å². The molecule has 8 aromatic rings. The Hall–Kier alpha value is -5.92. The quantitative estimate of drug-likeness (QED) is 0.187. The van der Waals surface area contributed by atoms with Crippen molar-refractivity contribution in [1.29, 1.82) is 0 Å². The van der Waals surface area contributed by atoms with Gasteiger partial charge in [0.1, 0.15) is 11.5 Å². The van der Waals surface area contributed by atoms with Crippen LogP contribution < -0.4 is 4.74 Å². The average Bonchev–Trinajstić information content (AvgIpc) is 3.57. The van der Waals surface area contributed by atoms with Crippen LogP contribution in [0.3, 0.4) is 0 Å². The molecule has 2 aliphatic carbocycles. The zero-order valence-electron chi connectivity index (χ0n) is 24.9. The maximum absolute atomic E-state index is 6.59. The van der Waals surface area contributed by atoms with Gasteiger partial charge in [0, 0.05) is 10.9 Å². The van der Waals surface area contributed by atoms with Crippen molar-refractivity contribution in [3.05, 3.63) is 180 Å². The van der Waals surface area contributed by atoms with E-state index in [1.54, 1.807) is 0 Å². The standard InChI is InChI=1S/C45H26O/c1-2-10-29-24-41-37(23-28(29)9-1)34-21-19-30(25-40(34)45(41)38-16-5-3-13-32(38)33-14-4-6-17-39(33)45)31-20-22-35-36-15-7-11-27-12-8-18-42(44(27)36)46-43(35)26-31/h1-26H. The predicted molar refractivity (Wildman–Crippen MR) is 189 cm³/mol. The van der Waals surface area contributed by atoms with Crippen LogP contribution >= 0.6 is 0 Å². The van der Waals surface area contributed by atoms with Gasteiger partial charge in [-0.25, -0.2) is 0 Å². The summed E-state index contributed by atoms with van der Waals surface area (Å²) in [5, 5.41) is 4.94. The minimum Gasteiger partial charge on any atom is -0.456 e. The van der Waals surface area contributed by atoms with Gasteiger partial charge in [0.2, 0.25) is 0 Å². The van der Waals surface area contributed by atoms with Crippen LogP contribution in [0.4, 0.5) is 0 Å². The average molecular weight is 583 g/mol. The molecule has 0 fully saturated rings. The second-order valence-electron chi connectivity index (χ2n) is 12.8. The van der Waals surface area contributed by atoms with Gasteiger partial charge in [0.15, 0.2) is 0 Å². The minimum absolute atomic E-state index is 0.392. The Bertz CT molecular complexity index is 2570. The molecule has 1 heteroatoms. The molecule has 0 amide bonds. The molecule has 0 radical (unpaired) electrons. The number of benzene rings is 8. The third kappa shape index (κ3) is 2.96.